The maximum absolute atomic E-state index is 12.1. The lowest BCUT2D eigenvalue weighted by atomic mass is 10.1. The third-order valence-corrected chi connectivity index (χ3v) is 3.66. The van der Waals surface area contributed by atoms with E-state index >= 15 is 0 Å². The van der Waals surface area contributed by atoms with E-state index in [9.17, 15) is 9.59 Å². The molecular formula is C20H33N3O2. The van der Waals surface area contributed by atoms with E-state index in [2.05, 4.69) is 22.9 Å². The molecule has 5 heteroatoms. The highest BCUT2D eigenvalue weighted by Crippen LogP contribution is 2.11. The normalized spacial score (nSPS) is 11.2. The smallest absolute Gasteiger partial charge is 0.251 e. The largest absolute Gasteiger partial charge is 0.347 e. The van der Waals surface area contributed by atoms with Crippen LogP contribution in [0.3, 0.4) is 0 Å². The predicted octanol–water partition coefficient (Wildman–Crippen LogP) is 3.71. The molecule has 0 radical (unpaired) electrons. The van der Waals surface area contributed by atoms with Crippen LogP contribution in [0.2, 0.25) is 0 Å². The molecule has 0 aliphatic carbocycles. The van der Waals surface area contributed by atoms with Gasteiger partial charge in [-0.3, -0.25) is 9.59 Å². The quantitative estimate of drug-likeness (QED) is 0.565. The first-order valence-electron chi connectivity index (χ1n) is 9.25. The maximum Gasteiger partial charge on any atom is 0.251 e. The molecule has 0 bridgehead atoms. The topological polar surface area (TPSA) is 70.2 Å². The van der Waals surface area contributed by atoms with Gasteiger partial charge >= 0.3 is 0 Å². The van der Waals surface area contributed by atoms with E-state index in [-0.39, 0.29) is 17.4 Å². The molecule has 1 rings (SSSR count). The van der Waals surface area contributed by atoms with Crippen LogP contribution in [0.5, 0.6) is 0 Å². The number of nitrogens with one attached hydrogen (secondary N) is 3. The van der Waals surface area contributed by atoms with Gasteiger partial charge in [0.1, 0.15) is 0 Å². The number of unbranched alkanes of at least 4 members (excludes halogenated alkanes) is 4. The Bertz CT molecular complexity index is 533. The zero-order valence-electron chi connectivity index (χ0n) is 16.1. The van der Waals surface area contributed by atoms with Crippen molar-refractivity contribution in [2.24, 2.45) is 0 Å². The number of hydrogen-bond acceptors (Lipinski definition) is 3. The molecule has 1 aromatic rings. The van der Waals surface area contributed by atoms with E-state index in [1.54, 1.807) is 24.3 Å². The van der Waals surface area contributed by atoms with Crippen molar-refractivity contribution in [2.75, 3.05) is 18.4 Å². The Morgan fingerprint density at radius 3 is 2.20 bits per heavy atom. The molecule has 25 heavy (non-hydrogen) atoms. The van der Waals surface area contributed by atoms with Gasteiger partial charge in [0, 0.05) is 16.8 Å². The second-order valence-corrected chi connectivity index (χ2v) is 7.42. The monoisotopic (exact) mass is 347 g/mol. The fraction of sp³-hybridized carbons (Fsp3) is 0.600. The van der Waals surface area contributed by atoms with Crippen LogP contribution in [0, 0.1) is 0 Å². The van der Waals surface area contributed by atoms with Crippen molar-refractivity contribution in [1.82, 2.24) is 10.6 Å². The average molecular weight is 348 g/mol. The zero-order valence-corrected chi connectivity index (χ0v) is 16.1. The van der Waals surface area contributed by atoms with E-state index in [4.69, 9.17) is 0 Å². The first kappa shape index (κ1) is 21.2. The summed E-state index contributed by atoms with van der Waals surface area (Å²) >= 11 is 0. The highest BCUT2D eigenvalue weighted by atomic mass is 16.2. The van der Waals surface area contributed by atoms with Crippen LogP contribution in [0.1, 0.15) is 70.2 Å². The summed E-state index contributed by atoms with van der Waals surface area (Å²) in [5.41, 5.74) is 1.01. The second kappa shape index (κ2) is 10.9. The molecule has 0 aliphatic rings. The summed E-state index contributed by atoms with van der Waals surface area (Å²) in [7, 11) is 0. The number of benzene rings is 1. The fourth-order valence-corrected chi connectivity index (χ4v) is 2.38. The Balaban J connectivity index is 2.30. The minimum atomic E-state index is -0.272. The van der Waals surface area contributed by atoms with E-state index in [1.165, 1.54) is 25.7 Å². The second-order valence-electron chi connectivity index (χ2n) is 7.42. The molecule has 2 amide bonds. The summed E-state index contributed by atoms with van der Waals surface area (Å²) in [5.74, 6) is -0.185. The number of carbonyl (C=O) groups is 2. The highest BCUT2D eigenvalue weighted by molar-refractivity contribution is 5.96. The third kappa shape index (κ3) is 9.87. The van der Waals surface area contributed by atoms with Crippen molar-refractivity contribution in [3.05, 3.63) is 29.8 Å². The summed E-state index contributed by atoms with van der Waals surface area (Å²) < 4.78 is 0. The first-order valence-corrected chi connectivity index (χ1v) is 9.25. The highest BCUT2D eigenvalue weighted by Gasteiger charge is 2.15. The van der Waals surface area contributed by atoms with Gasteiger partial charge in [-0.05, 0) is 58.0 Å². The minimum Gasteiger partial charge on any atom is -0.347 e. The van der Waals surface area contributed by atoms with Gasteiger partial charge < -0.3 is 16.0 Å². The molecule has 0 heterocycles. The Morgan fingerprint density at radius 2 is 1.60 bits per heavy atom. The first-order chi connectivity index (χ1) is 11.8. The molecule has 140 valence electrons. The maximum atomic E-state index is 12.1. The molecule has 5 nitrogen and oxygen atoms in total. The molecule has 0 aromatic heterocycles. The van der Waals surface area contributed by atoms with Gasteiger partial charge in [0.05, 0.1) is 6.54 Å². The Kier molecular flexibility index (Phi) is 9.21. The SMILES string of the molecule is CCCCCCCNCC(=O)Nc1ccc(C(=O)NC(C)(C)C)cc1. The van der Waals surface area contributed by atoms with E-state index in [0.717, 1.165) is 13.0 Å². The van der Waals surface area contributed by atoms with Gasteiger partial charge in [0.2, 0.25) is 5.91 Å². The zero-order chi connectivity index (χ0) is 18.7. The van der Waals surface area contributed by atoms with Gasteiger partial charge in [-0.25, -0.2) is 0 Å². The summed E-state index contributed by atoms with van der Waals surface area (Å²) in [6, 6.07) is 6.94. The molecule has 0 spiro atoms. The van der Waals surface area contributed by atoms with E-state index < -0.39 is 0 Å². The third-order valence-electron chi connectivity index (χ3n) is 3.66. The van der Waals surface area contributed by atoms with Crippen molar-refractivity contribution < 1.29 is 9.59 Å². The van der Waals surface area contributed by atoms with Gasteiger partial charge in [-0.2, -0.15) is 0 Å². The minimum absolute atomic E-state index is 0.0690. The number of amides is 2. The standard InChI is InChI=1S/C20H33N3O2/c1-5-6-7-8-9-14-21-15-18(24)22-17-12-10-16(11-13-17)19(25)23-20(2,3)4/h10-13,21H,5-9,14-15H2,1-4H3,(H,22,24)(H,23,25). The van der Waals surface area contributed by atoms with Crippen LogP contribution in [-0.4, -0.2) is 30.4 Å². The lowest BCUT2D eigenvalue weighted by Crippen LogP contribution is -2.40. The van der Waals surface area contributed by atoms with E-state index in [1.807, 2.05) is 20.8 Å². The number of carbonyl (C=O) groups excluding carboxylic acids is 2. The van der Waals surface area contributed by atoms with Crippen LogP contribution in [0.15, 0.2) is 24.3 Å². The molecule has 3 N–H and O–H groups in total. The van der Waals surface area contributed by atoms with E-state index in [0.29, 0.717) is 17.8 Å². The molecule has 0 saturated heterocycles. The van der Waals surface area contributed by atoms with Crippen LogP contribution in [0.4, 0.5) is 5.69 Å². The van der Waals surface area contributed by atoms with Crippen LogP contribution in [-0.2, 0) is 4.79 Å². The number of hydrogen-bond donors (Lipinski definition) is 3. The molecule has 0 atom stereocenters. The Hall–Kier alpha value is -1.88. The van der Waals surface area contributed by atoms with Crippen LogP contribution >= 0.6 is 0 Å². The summed E-state index contributed by atoms with van der Waals surface area (Å²) in [4.78, 5) is 24.0. The Labute approximate surface area is 152 Å². The summed E-state index contributed by atoms with van der Waals surface area (Å²) in [5, 5.41) is 8.91. The van der Waals surface area contributed by atoms with Crippen molar-refractivity contribution in [2.45, 2.75) is 65.3 Å². The molecule has 0 fully saturated rings. The van der Waals surface area contributed by atoms with Gasteiger partial charge in [0.25, 0.3) is 5.91 Å². The fourth-order valence-electron chi connectivity index (χ4n) is 2.38. The molecule has 1 aromatic carbocycles. The average Bonchev–Trinajstić information content (AvgIpc) is 2.53. The van der Waals surface area contributed by atoms with Gasteiger partial charge in [-0.15, -0.1) is 0 Å². The van der Waals surface area contributed by atoms with Crippen LogP contribution in [0.25, 0.3) is 0 Å². The predicted molar refractivity (Wildman–Crippen MR) is 104 cm³/mol. The number of rotatable bonds is 10. The summed E-state index contributed by atoms with van der Waals surface area (Å²) in [6.45, 7) is 9.19. The Morgan fingerprint density at radius 1 is 0.960 bits per heavy atom. The molecule has 0 unspecified atom stereocenters. The van der Waals surface area contributed by atoms with Crippen molar-refractivity contribution >= 4 is 17.5 Å². The van der Waals surface area contributed by atoms with Crippen molar-refractivity contribution in [3.63, 3.8) is 0 Å². The van der Waals surface area contributed by atoms with Crippen molar-refractivity contribution in [1.29, 1.82) is 0 Å². The number of anilines is 1. The lowest BCUT2D eigenvalue weighted by molar-refractivity contribution is -0.115. The molecular weight excluding hydrogens is 314 g/mol. The molecule has 0 aliphatic heterocycles. The van der Waals surface area contributed by atoms with Crippen molar-refractivity contribution in [3.8, 4) is 0 Å². The summed E-state index contributed by atoms with van der Waals surface area (Å²) in [6.07, 6.45) is 6.10. The van der Waals surface area contributed by atoms with Crippen LogP contribution < -0.4 is 16.0 Å². The van der Waals surface area contributed by atoms with Gasteiger partial charge in [0.15, 0.2) is 0 Å². The molecule has 0 saturated carbocycles. The van der Waals surface area contributed by atoms with Gasteiger partial charge in [-0.1, -0.05) is 32.6 Å². The lowest BCUT2D eigenvalue weighted by Gasteiger charge is -2.20.